The fourth-order valence-electron chi connectivity index (χ4n) is 2.78. The number of pyridine rings is 1. The second-order valence-electron chi connectivity index (χ2n) is 6.33. The van der Waals surface area contributed by atoms with Crippen molar-refractivity contribution in [3.63, 3.8) is 0 Å². The lowest BCUT2D eigenvalue weighted by Crippen LogP contribution is -2.38. The number of nitrogens with one attached hydrogen (secondary N) is 1. The summed E-state index contributed by atoms with van der Waals surface area (Å²) in [5.41, 5.74) is 0.585. The van der Waals surface area contributed by atoms with E-state index in [9.17, 15) is 28.4 Å². The summed E-state index contributed by atoms with van der Waals surface area (Å²) in [6.45, 7) is -3.09. The predicted octanol–water partition coefficient (Wildman–Crippen LogP) is 2.40. The van der Waals surface area contributed by atoms with Crippen molar-refractivity contribution in [2.75, 3.05) is 20.2 Å². The summed E-state index contributed by atoms with van der Waals surface area (Å²) >= 11 is 0.711. The first-order valence-corrected chi connectivity index (χ1v) is 9.95. The molecule has 1 saturated heterocycles. The Labute approximate surface area is 185 Å². The van der Waals surface area contributed by atoms with Gasteiger partial charge in [0.1, 0.15) is 5.56 Å². The van der Waals surface area contributed by atoms with E-state index in [0.717, 1.165) is 11.1 Å². The Morgan fingerprint density at radius 1 is 1.31 bits per heavy atom. The monoisotopic (exact) mass is 465 g/mol. The molecule has 0 spiro atoms. The molecular formula is C20H17F2N3O6S. The summed E-state index contributed by atoms with van der Waals surface area (Å²) in [7, 11) is 1.28. The van der Waals surface area contributed by atoms with Crippen molar-refractivity contribution in [2.45, 2.75) is 6.61 Å². The van der Waals surface area contributed by atoms with Crippen LogP contribution in [0.1, 0.15) is 15.9 Å². The van der Waals surface area contributed by atoms with Gasteiger partial charge in [-0.3, -0.25) is 19.3 Å². The van der Waals surface area contributed by atoms with Crippen LogP contribution < -0.4 is 19.5 Å². The quantitative estimate of drug-likeness (QED) is 0.362. The second kappa shape index (κ2) is 10.1. The van der Waals surface area contributed by atoms with Crippen LogP contribution in [0.2, 0.25) is 0 Å². The molecule has 0 atom stereocenters. The molecule has 32 heavy (non-hydrogen) atoms. The minimum atomic E-state index is -3.02. The first kappa shape index (κ1) is 23.0. The van der Waals surface area contributed by atoms with Gasteiger partial charge >= 0.3 is 6.61 Å². The van der Waals surface area contributed by atoms with Crippen LogP contribution in [0.5, 0.6) is 11.5 Å². The number of carbonyl (C=O) groups is 3. The number of imide groups is 1. The molecule has 0 saturated carbocycles. The van der Waals surface area contributed by atoms with Crippen molar-refractivity contribution in [1.29, 1.82) is 0 Å². The molecule has 0 radical (unpaired) electrons. The van der Waals surface area contributed by atoms with E-state index in [0.29, 0.717) is 22.1 Å². The Morgan fingerprint density at radius 3 is 2.78 bits per heavy atom. The maximum absolute atomic E-state index is 12.6. The highest BCUT2D eigenvalue weighted by Crippen LogP contribution is 2.34. The van der Waals surface area contributed by atoms with Gasteiger partial charge in [0.15, 0.2) is 23.9 Å². The van der Waals surface area contributed by atoms with E-state index in [1.54, 1.807) is 0 Å². The van der Waals surface area contributed by atoms with Crippen LogP contribution in [0.15, 0.2) is 47.6 Å². The molecule has 9 nitrogen and oxygen atoms in total. The minimum Gasteiger partial charge on any atom is -0.619 e. The summed E-state index contributed by atoms with van der Waals surface area (Å²) in [4.78, 5) is 38.0. The second-order valence-corrected chi connectivity index (χ2v) is 7.32. The van der Waals surface area contributed by atoms with Crippen LogP contribution in [0.4, 0.5) is 13.6 Å². The molecule has 3 rings (SSSR count). The number of methoxy groups -OCH3 is 1. The average Bonchev–Trinajstić information content (AvgIpc) is 3.01. The Balaban J connectivity index is 1.64. The zero-order chi connectivity index (χ0) is 23.3. The normalized spacial score (nSPS) is 14.9. The van der Waals surface area contributed by atoms with E-state index in [2.05, 4.69) is 10.1 Å². The van der Waals surface area contributed by atoms with Crippen molar-refractivity contribution in [2.24, 2.45) is 0 Å². The highest BCUT2D eigenvalue weighted by atomic mass is 32.2. The maximum atomic E-state index is 12.6. The van der Waals surface area contributed by atoms with Gasteiger partial charge in [0.25, 0.3) is 17.1 Å². The third-order valence-corrected chi connectivity index (χ3v) is 5.14. The van der Waals surface area contributed by atoms with Crippen molar-refractivity contribution < 1.29 is 37.4 Å². The fourth-order valence-corrected chi connectivity index (χ4v) is 3.65. The number of rotatable bonds is 8. The van der Waals surface area contributed by atoms with E-state index in [1.165, 1.54) is 49.7 Å². The largest absolute Gasteiger partial charge is 0.619 e. The summed E-state index contributed by atoms with van der Waals surface area (Å²) in [5.74, 6) is -1.19. The van der Waals surface area contributed by atoms with E-state index < -0.39 is 23.7 Å². The lowest BCUT2D eigenvalue weighted by molar-refractivity contribution is -0.605. The van der Waals surface area contributed by atoms with Crippen molar-refractivity contribution >= 4 is 34.9 Å². The van der Waals surface area contributed by atoms with Gasteiger partial charge in [0, 0.05) is 19.2 Å². The highest BCUT2D eigenvalue weighted by molar-refractivity contribution is 8.18. The third kappa shape index (κ3) is 5.52. The van der Waals surface area contributed by atoms with Crippen LogP contribution in [-0.2, 0) is 4.79 Å². The van der Waals surface area contributed by atoms with Gasteiger partial charge in [-0.2, -0.15) is 13.5 Å². The van der Waals surface area contributed by atoms with Gasteiger partial charge < -0.3 is 20.0 Å². The topological polar surface area (TPSA) is 112 Å². The van der Waals surface area contributed by atoms with Crippen molar-refractivity contribution in [1.82, 2.24) is 10.2 Å². The number of halogens is 2. The highest BCUT2D eigenvalue weighted by Gasteiger charge is 2.34. The number of hydrogen-bond acceptors (Lipinski definition) is 7. The molecule has 1 fully saturated rings. The van der Waals surface area contributed by atoms with Gasteiger partial charge in [-0.15, -0.1) is 0 Å². The van der Waals surface area contributed by atoms with Gasteiger partial charge in [0.2, 0.25) is 0 Å². The Hall–Kier alpha value is -3.67. The molecule has 2 aromatic rings. The number of amides is 3. The first-order chi connectivity index (χ1) is 15.3. The van der Waals surface area contributed by atoms with Crippen LogP contribution in [0.3, 0.4) is 0 Å². The molecule has 1 N–H and O–H groups in total. The molecular weight excluding hydrogens is 448 g/mol. The SMILES string of the molecule is COc1cc(/C=C2\SC(=O)N(CCNC(=O)c3ccc[n+]([O-])c3)C2=O)ccc1OC(F)F. The molecule has 1 aliphatic heterocycles. The van der Waals surface area contributed by atoms with E-state index in [4.69, 9.17) is 4.74 Å². The number of alkyl halides is 2. The number of nitrogens with zero attached hydrogens (tertiary/aromatic N) is 2. The summed E-state index contributed by atoms with van der Waals surface area (Å²) in [5, 5.41) is 13.3. The number of carbonyl (C=O) groups excluding carboxylic acids is 3. The molecule has 0 bridgehead atoms. The zero-order valence-electron chi connectivity index (χ0n) is 16.6. The predicted molar refractivity (Wildman–Crippen MR) is 110 cm³/mol. The van der Waals surface area contributed by atoms with Gasteiger partial charge in [-0.05, 0) is 41.6 Å². The van der Waals surface area contributed by atoms with Crippen molar-refractivity contribution in [3.8, 4) is 11.5 Å². The van der Waals surface area contributed by atoms with E-state index in [1.807, 2.05) is 0 Å². The van der Waals surface area contributed by atoms with Gasteiger partial charge in [-0.25, -0.2) is 0 Å². The van der Waals surface area contributed by atoms with Crippen LogP contribution in [0, 0.1) is 5.21 Å². The minimum absolute atomic E-state index is 0.00854. The fraction of sp³-hybridized carbons (Fsp3) is 0.200. The number of ether oxygens (including phenoxy) is 2. The van der Waals surface area contributed by atoms with Crippen LogP contribution >= 0.6 is 11.8 Å². The molecule has 3 amide bonds. The van der Waals surface area contributed by atoms with Gasteiger partial charge in [0.05, 0.1) is 12.0 Å². The molecule has 1 aromatic carbocycles. The van der Waals surface area contributed by atoms with E-state index in [-0.39, 0.29) is 35.1 Å². The molecule has 12 heteroatoms. The number of aromatic nitrogens is 1. The number of benzene rings is 1. The van der Waals surface area contributed by atoms with Crippen molar-refractivity contribution in [3.05, 3.63) is 64.0 Å². The van der Waals surface area contributed by atoms with E-state index >= 15 is 0 Å². The molecule has 1 aromatic heterocycles. The Bertz CT molecular complexity index is 1080. The molecule has 2 heterocycles. The third-order valence-electron chi connectivity index (χ3n) is 4.23. The zero-order valence-corrected chi connectivity index (χ0v) is 17.4. The molecule has 0 aliphatic carbocycles. The standard InChI is InChI=1S/C20H17F2N3O6S/c1-30-15-9-12(4-5-14(15)31-19(21)22)10-16-18(27)25(20(28)32-16)8-6-23-17(26)13-3-2-7-24(29)11-13/h2-5,7,9-11,19H,6,8H2,1H3,(H,23,26)/b16-10-. The smallest absolute Gasteiger partial charge is 0.387 e. The maximum Gasteiger partial charge on any atom is 0.387 e. The number of thioether (sulfide) groups is 1. The molecule has 168 valence electrons. The lowest BCUT2D eigenvalue weighted by Gasteiger charge is -2.13. The summed E-state index contributed by atoms with van der Waals surface area (Å²) in [6.07, 6.45) is 3.76. The first-order valence-electron chi connectivity index (χ1n) is 9.13. The lowest BCUT2D eigenvalue weighted by atomic mass is 10.2. The van der Waals surface area contributed by atoms with Crippen LogP contribution in [-0.4, -0.2) is 48.8 Å². The summed E-state index contributed by atoms with van der Waals surface area (Å²) < 4.78 is 34.7. The number of hydrogen-bond donors (Lipinski definition) is 1. The Kier molecular flexibility index (Phi) is 7.25. The Morgan fingerprint density at radius 2 is 2.09 bits per heavy atom. The molecule has 1 aliphatic rings. The van der Waals surface area contributed by atoms with Crippen LogP contribution in [0.25, 0.3) is 6.08 Å². The van der Waals surface area contributed by atoms with Gasteiger partial charge in [-0.1, -0.05) is 6.07 Å². The molecule has 0 unspecified atom stereocenters. The summed E-state index contributed by atoms with van der Waals surface area (Å²) in [6, 6.07) is 6.99. The average molecular weight is 465 g/mol.